The van der Waals surface area contributed by atoms with Crippen LogP contribution in [0.15, 0.2) is 48.5 Å². The SMILES string of the molecule is COc1ccccc1Nc1nc2ccccc2nc1Cl. The highest BCUT2D eigenvalue weighted by molar-refractivity contribution is 6.32. The maximum absolute atomic E-state index is 6.17. The highest BCUT2D eigenvalue weighted by atomic mass is 35.5. The van der Waals surface area contributed by atoms with Crippen LogP contribution in [0.5, 0.6) is 5.75 Å². The van der Waals surface area contributed by atoms with E-state index in [1.54, 1.807) is 7.11 Å². The minimum absolute atomic E-state index is 0.328. The van der Waals surface area contributed by atoms with Crippen LogP contribution in [-0.2, 0) is 0 Å². The summed E-state index contributed by atoms with van der Waals surface area (Å²) >= 11 is 6.17. The number of ether oxygens (including phenoxy) is 1. The van der Waals surface area contributed by atoms with Crippen LogP contribution in [-0.4, -0.2) is 17.1 Å². The average Bonchev–Trinajstić information content (AvgIpc) is 2.48. The topological polar surface area (TPSA) is 47.0 Å². The first-order valence-electron chi connectivity index (χ1n) is 6.10. The molecule has 0 saturated carbocycles. The molecule has 0 aliphatic heterocycles. The number of methoxy groups -OCH3 is 1. The maximum Gasteiger partial charge on any atom is 0.172 e. The van der Waals surface area contributed by atoms with Crippen molar-refractivity contribution in [3.8, 4) is 5.75 Å². The summed E-state index contributed by atoms with van der Waals surface area (Å²) in [6.07, 6.45) is 0. The zero-order chi connectivity index (χ0) is 13.9. The van der Waals surface area contributed by atoms with Gasteiger partial charge in [-0.3, -0.25) is 0 Å². The summed E-state index contributed by atoms with van der Waals surface area (Å²) in [5, 5.41) is 3.48. The van der Waals surface area contributed by atoms with Crippen LogP contribution in [0, 0.1) is 0 Å². The molecule has 1 heterocycles. The molecule has 0 saturated heterocycles. The standard InChI is InChI=1S/C15H12ClN3O/c1-20-13-9-5-4-8-12(13)19-15-14(16)17-10-6-2-3-7-11(10)18-15/h2-9H,1H3,(H,18,19). The number of anilines is 2. The molecule has 20 heavy (non-hydrogen) atoms. The second-order valence-electron chi connectivity index (χ2n) is 4.18. The lowest BCUT2D eigenvalue weighted by molar-refractivity contribution is 0.417. The van der Waals surface area contributed by atoms with Crippen LogP contribution in [0.3, 0.4) is 0 Å². The van der Waals surface area contributed by atoms with Gasteiger partial charge in [0.1, 0.15) is 5.75 Å². The van der Waals surface area contributed by atoms with Gasteiger partial charge in [-0.2, -0.15) is 0 Å². The summed E-state index contributed by atoms with van der Waals surface area (Å²) in [6, 6.07) is 15.2. The summed E-state index contributed by atoms with van der Waals surface area (Å²) in [7, 11) is 1.62. The van der Waals surface area contributed by atoms with Gasteiger partial charge in [-0.05, 0) is 24.3 Å². The van der Waals surface area contributed by atoms with Crippen molar-refractivity contribution in [1.82, 2.24) is 9.97 Å². The van der Waals surface area contributed by atoms with Crippen molar-refractivity contribution in [2.45, 2.75) is 0 Å². The minimum Gasteiger partial charge on any atom is -0.495 e. The van der Waals surface area contributed by atoms with Crippen LogP contribution in [0.4, 0.5) is 11.5 Å². The first-order valence-corrected chi connectivity index (χ1v) is 6.48. The van der Waals surface area contributed by atoms with Crippen LogP contribution < -0.4 is 10.1 Å². The molecule has 2 aromatic carbocycles. The molecule has 0 radical (unpaired) electrons. The normalized spacial score (nSPS) is 10.5. The Bertz CT molecular complexity index is 761. The van der Waals surface area contributed by atoms with E-state index in [9.17, 15) is 0 Å². The smallest absolute Gasteiger partial charge is 0.172 e. The molecule has 1 N–H and O–H groups in total. The van der Waals surface area contributed by atoms with Gasteiger partial charge in [0.15, 0.2) is 11.0 Å². The third kappa shape index (κ3) is 2.38. The maximum atomic E-state index is 6.17. The van der Waals surface area contributed by atoms with E-state index in [1.807, 2.05) is 48.5 Å². The van der Waals surface area contributed by atoms with Gasteiger partial charge in [0, 0.05) is 0 Å². The lowest BCUT2D eigenvalue weighted by atomic mass is 10.3. The Balaban J connectivity index is 2.04. The predicted octanol–water partition coefficient (Wildman–Crippen LogP) is 4.04. The average molecular weight is 286 g/mol. The molecule has 0 spiro atoms. The Morgan fingerprint density at radius 3 is 2.35 bits per heavy atom. The van der Waals surface area contributed by atoms with E-state index < -0.39 is 0 Å². The van der Waals surface area contributed by atoms with Gasteiger partial charge in [-0.15, -0.1) is 0 Å². The van der Waals surface area contributed by atoms with Crippen LogP contribution >= 0.6 is 11.6 Å². The zero-order valence-electron chi connectivity index (χ0n) is 10.8. The van der Waals surface area contributed by atoms with Crippen molar-refractivity contribution < 1.29 is 4.74 Å². The molecule has 1 aromatic heterocycles. The monoisotopic (exact) mass is 285 g/mol. The van der Waals surface area contributed by atoms with Gasteiger partial charge in [0.2, 0.25) is 0 Å². The third-order valence-corrected chi connectivity index (χ3v) is 3.15. The summed E-state index contributed by atoms with van der Waals surface area (Å²) in [4.78, 5) is 8.81. The molecule has 3 aromatic rings. The van der Waals surface area contributed by atoms with E-state index in [2.05, 4.69) is 15.3 Å². The fourth-order valence-electron chi connectivity index (χ4n) is 1.93. The Kier molecular flexibility index (Phi) is 3.39. The highest BCUT2D eigenvalue weighted by Crippen LogP contribution is 2.29. The number of benzene rings is 2. The first kappa shape index (κ1) is 12.7. The van der Waals surface area contributed by atoms with Gasteiger partial charge < -0.3 is 10.1 Å². The molecule has 4 nitrogen and oxygen atoms in total. The second-order valence-corrected chi connectivity index (χ2v) is 4.54. The highest BCUT2D eigenvalue weighted by Gasteiger charge is 2.09. The minimum atomic E-state index is 0.328. The molecule has 0 aliphatic rings. The quantitative estimate of drug-likeness (QED) is 0.789. The predicted molar refractivity (Wildman–Crippen MR) is 80.8 cm³/mol. The molecule has 0 fully saturated rings. The lowest BCUT2D eigenvalue weighted by Gasteiger charge is -2.11. The Morgan fingerprint density at radius 2 is 1.60 bits per heavy atom. The molecule has 0 amide bonds. The molecular formula is C15H12ClN3O. The van der Waals surface area contributed by atoms with E-state index in [1.165, 1.54) is 0 Å². The number of para-hydroxylation sites is 4. The van der Waals surface area contributed by atoms with E-state index in [0.717, 1.165) is 22.5 Å². The number of aromatic nitrogens is 2. The molecule has 0 aliphatic carbocycles. The molecule has 0 unspecified atom stereocenters. The van der Waals surface area contributed by atoms with Crippen molar-refractivity contribution in [3.63, 3.8) is 0 Å². The summed E-state index contributed by atoms with van der Waals surface area (Å²) in [6.45, 7) is 0. The summed E-state index contributed by atoms with van der Waals surface area (Å²) in [5.74, 6) is 1.23. The lowest BCUT2D eigenvalue weighted by Crippen LogP contribution is -1.99. The number of nitrogens with one attached hydrogen (secondary N) is 1. The van der Waals surface area contributed by atoms with E-state index in [0.29, 0.717) is 11.0 Å². The van der Waals surface area contributed by atoms with E-state index in [-0.39, 0.29) is 0 Å². The molecule has 0 atom stereocenters. The Labute approximate surface area is 121 Å². The zero-order valence-corrected chi connectivity index (χ0v) is 11.6. The first-order chi connectivity index (χ1) is 9.78. The van der Waals surface area contributed by atoms with Crippen molar-refractivity contribution in [3.05, 3.63) is 53.7 Å². The summed E-state index contributed by atoms with van der Waals surface area (Å²) < 4.78 is 5.29. The number of rotatable bonds is 3. The molecule has 5 heteroatoms. The Hall–Kier alpha value is -2.33. The molecule has 100 valence electrons. The molecule has 0 bridgehead atoms. The number of hydrogen-bond acceptors (Lipinski definition) is 4. The van der Waals surface area contributed by atoms with Crippen molar-refractivity contribution >= 4 is 34.1 Å². The van der Waals surface area contributed by atoms with Crippen molar-refractivity contribution in [1.29, 1.82) is 0 Å². The summed E-state index contributed by atoms with van der Waals surface area (Å²) in [5.41, 5.74) is 2.35. The Morgan fingerprint density at radius 1 is 0.950 bits per heavy atom. The number of hydrogen-bond donors (Lipinski definition) is 1. The van der Waals surface area contributed by atoms with Crippen LogP contribution in [0.2, 0.25) is 5.15 Å². The fraction of sp³-hybridized carbons (Fsp3) is 0.0667. The number of fused-ring (bicyclic) bond motifs is 1. The fourth-order valence-corrected chi connectivity index (χ4v) is 2.11. The second kappa shape index (κ2) is 5.35. The van der Waals surface area contributed by atoms with Gasteiger partial charge >= 0.3 is 0 Å². The van der Waals surface area contributed by atoms with Gasteiger partial charge in [0.25, 0.3) is 0 Å². The van der Waals surface area contributed by atoms with Gasteiger partial charge in [0.05, 0.1) is 23.8 Å². The molecular weight excluding hydrogens is 274 g/mol. The molecule has 3 rings (SSSR count). The van der Waals surface area contributed by atoms with Gasteiger partial charge in [-0.25, -0.2) is 9.97 Å². The van der Waals surface area contributed by atoms with Crippen molar-refractivity contribution in [2.24, 2.45) is 0 Å². The largest absolute Gasteiger partial charge is 0.495 e. The van der Waals surface area contributed by atoms with Crippen molar-refractivity contribution in [2.75, 3.05) is 12.4 Å². The number of nitrogens with zero attached hydrogens (tertiary/aromatic N) is 2. The van der Waals surface area contributed by atoms with Crippen LogP contribution in [0.1, 0.15) is 0 Å². The van der Waals surface area contributed by atoms with Gasteiger partial charge in [-0.1, -0.05) is 35.9 Å². The van der Waals surface area contributed by atoms with Crippen LogP contribution in [0.25, 0.3) is 11.0 Å². The van der Waals surface area contributed by atoms with E-state index >= 15 is 0 Å². The third-order valence-electron chi connectivity index (χ3n) is 2.89. The number of halogens is 1. The van der Waals surface area contributed by atoms with E-state index in [4.69, 9.17) is 16.3 Å².